The van der Waals surface area contributed by atoms with Crippen molar-refractivity contribution in [2.75, 3.05) is 13.7 Å². The van der Waals surface area contributed by atoms with E-state index in [2.05, 4.69) is 15.9 Å². The van der Waals surface area contributed by atoms with Gasteiger partial charge in [0.2, 0.25) is 5.91 Å². The van der Waals surface area contributed by atoms with Crippen LogP contribution in [0.1, 0.15) is 12.0 Å². The molecule has 2 rings (SSSR count). The Labute approximate surface area is 128 Å². The van der Waals surface area contributed by atoms with Gasteiger partial charge in [0.1, 0.15) is 23.5 Å². The van der Waals surface area contributed by atoms with Crippen molar-refractivity contribution in [1.82, 2.24) is 4.90 Å². The highest BCUT2D eigenvalue weighted by Crippen LogP contribution is 2.32. The highest BCUT2D eigenvalue weighted by atomic mass is 79.9. The van der Waals surface area contributed by atoms with Gasteiger partial charge in [-0.05, 0) is 6.42 Å². The van der Waals surface area contributed by atoms with Crippen LogP contribution in [0.5, 0.6) is 5.75 Å². The molecule has 0 aliphatic carbocycles. The first-order valence-corrected chi connectivity index (χ1v) is 6.98. The zero-order valence-corrected chi connectivity index (χ0v) is 12.7. The third-order valence-electron chi connectivity index (χ3n) is 3.05. The minimum Gasteiger partial charge on any atom is -0.479 e. The van der Waals surface area contributed by atoms with Gasteiger partial charge >= 0.3 is 0 Å². The van der Waals surface area contributed by atoms with Crippen molar-refractivity contribution in [3.63, 3.8) is 0 Å². The molecule has 0 spiro atoms. The molecule has 1 aromatic carbocycles. The molecule has 1 heterocycles. The van der Waals surface area contributed by atoms with Gasteiger partial charge in [0, 0.05) is 19.2 Å². The number of allylic oxidation sites excluding steroid dienone is 1. The summed E-state index contributed by atoms with van der Waals surface area (Å²) in [7, 11) is 1.46. The van der Waals surface area contributed by atoms with Gasteiger partial charge in [-0.2, -0.15) is 5.26 Å². The second-order valence-corrected chi connectivity index (χ2v) is 5.50. The Morgan fingerprint density at radius 2 is 2.10 bits per heavy atom. The van der Waals surface area contributed by atoms with Crippen molar-refractivity contribution < 1.29 is 18.3 Å². The van der Waals surface area contributed by atoms with Crippen molar-refractivity contribution in [2.45, 2.75) is 11.2 Å². The Balaban J connectivity index is 2.41. The first-order valence-electron chi connectivity index (χ1n) is 6.06. The maximum Gasteiger partial charge on any atom is 0.240 e. The average molecular weight is 357 g/mol. The molecule has 21 heavy (non-hydrogen) atoms. The maximum atomic E-state index is 14.1. The van der Waals surface area contributed by atoms with Crippen molar-refractivity contribution >= 4 is 27.5 Å². The Morgan fingerprint density at radius 1 is 1.48 bits per heavy atom. The number of carbonyl (C=O) groups excluding carboxylic acids is 1. The molecule has 0 bridgehead atoms. The molecular formula is C14H11BrF2N2O2. The summed E-state index contributed by atoms with van der Waals surface area (Å²) in [4.78, 5) is 12.7. The standard InChI is InChI=1S/C14H11BrF2N2O2/c1-19-12(3-2-9(15)14(19)20)13-10(16)6-8(7-11(13)17)21-5-4-18/h3,6-7,9H,2,5H2,1H3. The number of ether oxygens (including phenoxy) is 1. The molecule has 1 aromatic rings. The number of rotatable bonds is 3. The van der Waals surface area contributed by atoms with E-state index in [-0.39, 0.29) is 29.5 Å². The second-order valence-electron chi connectivity index (χ2n) is 4.40. The molecule has 1 aliphatic heterocycles. The topological polar surface area (TPSA) is 53.3 Å². The van der Waals surface area contributed by atoms with Crippen molar-refractivity contribution in [3.8, 4) is 11.8 Å². The van der Waals surface area contributed by atoms with E-state index in [1.54, 1.807) is 12.1 Å². The molecule has 1 unspecified atom stereocenters. The van der Waals surface area contributed by atoms with E-state index in [1.165, 1.54) is 11.9 Å². The number of benzene rings is 1. The number of hydrogen-bond donors (Lipinski definition) is 0. The van der Waals surface area contributed by atoms with Crippen LogP contribution in [0.15, 0.2) is 18.2 Å². The summed E-state index contributed by atoms with van der Waals surface area (Å²) in [6.45, 7) is -0.301. The lowest BCUT2D eigenvalue weighted by molar-refractivity contribution is -0.126. The first-order chi connectivity index (χ1) is 9.95. The predicted octanol–water partition coefficient (Wildman–Crippen LogP) is 2.83. The highest BCUT2D eigenvalue weighted by Gasteiger charge is 2.29. The smallest absolute Gasteiger partial charge is 0.240 e. The van der Waals surface area contributed by atoms with E-state index < -0.39 is 16.5 Å². The van der Waals surface area contributed by atoms with Gasteiger partial charge in [-0.15, -0.1) is 0 Å². The predicted molar refractivity (Wildman–Crippen MR) is 75.5 cm³/mol. The number of carbonyl (C=O) groups is 1. The van der Waals surface area contributed by atoms with Gasteiger partial charge in [0.25, 0.3) is 0 Å². The van der Waals surface area contributed by atoms with Crippen molar-refractivity contribution in [1.29, 1.82) is 5.26 Å². The molecular weight excluding hydrogens is 346 g/mol. The Hall–Kier alpha value is -1.94. The van der Waals surface area contributed by atoms with Crippen molar-refractivity contribution in [3.05, 3.63) is 35.4 Å². The van der Waals surface area contributed by atoms with Crippen LogP contribution in [0.3, 0.4) is 0 Å². The van der Waals surface area contributed by atoms with E-state index in [0.29, 0.717) is 6.42 Å². The molecule has 0 radical (unpaired) electrons. The number of hydrogen-bond acceptors (Lipinski definition) is 3. The van der Waals surface area contributed by atoms with E-state index in [1.807, 2.05) is 0 Å². The van der Waals surface area contributed by atoms with Crippen LogP contribution in [-0.4, -0.2) is 29.3 Å². The fraction of sp³-hybridized carbons (Fsp3) is 0.286. The lowest BCUT2D eigenvalue weighted by Gasteiger charge is -2.28. The molecule has 0 aromatic heterocycles. The molecule has 0 saturated heterocycles. The minimum absolute atomic E-state index is 0.0703. The molecule has 1 aliphatic rings. The number of amides is 1. The quantitative estimate of drug-likeness (QED) is 0.782. The molecule has 1 amide bonds. The molecule has 0 fully saturated rings. The summed E-state index contributed by atoms with van der Waals surface area (Å²) in [5.74, 6) is -2.03. The van der Waals surface area contributed by atoms with Gasteiger partial charge in [-0.3, -0.25) is 4.79 Å². The second kappa shape index (κ2) is 6.22. The van der Waals surface area contributed by atoms with Crippen LogP contribution >= 0.6 is 15.9 Å². The zero-order valence-electron chi connectivity index (χ0n) is 11.1. The van der Waals surface area contributed by atoms with Gasteiger partial charge in [0.05, 0.1) is 16.1 Å². The number of nitrogens with zero attached hydrogens (tertiary/aromatic N) is 2. The average Bonchev–Trinajstić information content (AvgIpc) is 2.44. The largest absolute Gasteiger partial charge is 0.479 e. The molecule has 110 valence electrons. The molecule has 0 saturated carbocycles. The highest BCUT2D eigenvalue weighted by molar-refractivity contribution is 9.10. The Bertz CT molecular complexity index is 632. The number of halogens is 3. The van der Waals surface area contributed by atoms with Crippen LogP contribution in [0.25, 0.3) is 5.70 Å². The van der Waals surface area contributed by atoms with Crippen LogP contribution < -0.4 is 4.74 Å². The maximum absolute atomic E-state index is 14.1. The van der Waals surface area contributed by atoms with Crippen LogP contribution in [0.2, 0.25) is 0 Å². The van der Waals surface area contributed by atoms with Crippen LogP contribution in [0, 0.1) is 23.0 Å². The van der Waals surface area contributed by atoms with Gasteiger partial charge in [-0.1, -0.05) is 22.0 Å². The SMILES string of the molecule is CN1C(=O)C(Br)CC=C1c1c(F)cc(OCC#N)cc1F. The van der Waals surface area contributed by atoms with E-state index in [4.69, 9.17) is 10.00 Å². The van der Waals surface area contributed by atoms with Crippen LogP contribution in [-0.2, 0) is 4.79 Å². The summed E-state index contributed by atoms with van der Waals surface area (Å²) in [6.07, 6.45) is 1.95. The molecule has 0 N–H and O–H groups in total. The third-order valence-corrected chi connectivity index (χ3v) is 3.82. The fourth-order valence-electron chi connectivity index (χ4n) is 2.04. The fourth-order valence-corrected chi connectivity index (χ4v) is 2.54. The van der Waals surface area contributed by atoms with Gasteiger partial charge in [-0.25, -0.2) is 8.78 Å². The van der Waals surface area contributed by atoms with Gasteiger partial charge < -0.3 is 9.64 Å². The third kappa shape index (κ3) is 3.05. The van der Waals surface area contributed by atoms with Crippen LogP contribution in [0.4, 0.5) is 8.78 Å². The lowest BCUT2D eigenvalue weighted by atomic mass is 10.0. The molecule has 1 atom stereocenters. The number of alkyl halides is 1. The Kier molecular flexibility index (Phi) is 4.58. The zero-order chi connectivity index (χ0) is 15.6. The van der Waals surface area contributed by atoms with E-state index in [0.717, 1.165) is 12.1 Å². The summed E-state index contributed by atoms with van der Waals surface area (Å²) in [6, 6.07) is 3.70. The molecule has 7 heteroatoms. The van der Waals surface area contributed by atoms with E-state index in [9.17, 15) is 13.6 Å². The Morgan fingerprint density at radius 3 is 2.67 bits per heavy atom. The summed E-state index contributed by atoms with van der Waals surface area (Å²) < 4.78 is 33.1. The summed E-state index contributed by atoms with van der Waals surface area (Å²) in [5, 5.41) is 8.39. The summed E-state index contributed by atoms with van der Waals surface area (Å²) >= 11 is 3.20. The van der Waals surface area contributed by atoms with Gasteiger partial charge in [0.15, 0.2) is 6.61 Å². The number of nitriles is 1. The van der Waals surface area contributed by atoms with E-state index >= 15 is 0 Å². The molecule has 4 nitrogen and oxygen atoms in total. The normalized spacial score (nSPS) is 18.2. The summed E-state index contributed by atoms with van der Waals surface area (Å²) in [5.41, 5.74) is -0.105. The minimum atomic E-state index is -0.845. The monoisotopic (exact) mass is 356 g/mol. The van der Waals surface area contributed by atoms with Crippen molar-refractivity contribution in [2.24, 2.45) is 0 Å². The first kappa shape index (κ1) is 15.4. The lowest BCUT2D eigenvalue weighted by Crippen LogP contribution is -2.35.